The van der Waals surface area contributed by atoms with Crippen LogP contribution >= 0.6 is 23.2 Å². The highest BCUT2D eigenvalue weighted by Gasteiger charge is 2.06. The Morgan fingerprint density at radius 1 is 1.13 bits per heavy atom. The summed E-state index contributed by atoms with van der Waals surface area (Å²) in [5.74, 6) is 0.818. The lowest BCUT2D eigenvalue weighted by molar-refractivity contribution is 0.247. The molecule has 2 N–H and O–H groups in total. The summed E-state index contributed by atoms with van der Waals surface area (Å²) in [5.41, 5.74) is 2.76. The summed E-state index contributed by atoms with van der Waals surface area (Å²) in [4.78, 5) is 11.8. The fraction of sp³-hybridized carbons (Fsp3) is 0.235. The molecule has 0 atom stereocenters. The van der Waals surface area contributed by atoms with Crippen LogP contribution in [0.3, 0.4) is 0 Å². The molecule has 0 aliphatic heterocycles. The Morgan fingerprint density at radius 2 is 1.91 bits per heavy atom. The van der Waals surface area contributed by atoms with Crippen LogP contribution in [0.1, 0.15) is 11.1 Å². The number of carbonyl (C=O) groups excluding carboxylic acids is 1. The van der Waals surface area contributed by atoms with E-state index in [0.29, 0.717) is 28.9 Å². The minimum atomic E-state index is -0.349. The van der Waals surface area contributed by atoms with E-state index < -0.39 is 0 Å². The maximum atomic E-state index is 11.8. The van der Waals surface area contributed by atoms with Crippen molar-refractivity contribution in [1.29, 1.82) is 0 Å². The maximum absolute atomic E-state index is 11.8. The predicted octanol–water partition coefficient (Wildman–Crippen LogP) is 4.81. The van der Waals surface area contributed by atoms with Crippen LogP contribution in [0.25, 0.3) is 0 Å². The van der Waals surface area contributed by atoms with Gasteiger partial charge in [-0.2, -0.15) is 0 Å². The predicted molar refractivity (Wildman–Crippen MR) is 94.9 cm³/mol. The van der Waals surface area contributed by atoms with Gasteiger partial charge in [0.25, 0.3) is 0 Å². The van der Waals surface area contributed by atoms with E-state index in [2.05, 4.69) is 16.7 Å². The van der Waals surface area contributed by atoms with Gasteiger partial charge in [0.1, 0.15) is 12.4 Å². The van der Waals surface area contributed by atoms with Gasteiger partial charge in [-0.05, 0) is 43.7 Å². The van der Waals surface area contributed by atoms with Crippen LogP contribution in [0, 0.1) is 13.8 Å². The summed E-state index contributed by atoms with van der Waals surface area (Å²) in [5, 5.41) is 6.27. The molecule has 0 bridgehead atoms. The second-order valence-electron chi connectivity index (χ2n) is 5.12. The zero-order chi connectivity index (χ0) is 16.8. The molecular formula is C17H18Cl2N2O2. The summed E-state index contributed by atoms with van der Waals surface area (Å²) in [6.07, 6.45) is 0. The first-order valence-electron chi connectivity index (χ1n) is 7.15. The standard InChI is InChI=1S/C17H18Cl2N2O2/c1-11-3-6-16(12(2)9-11)23-8-7-20-17(22)21-15-5-4-13(18)10-14(15)19/h3-6,9-10H,7-8H2,1-2H3,(H2,20,21,22). The van der Waals surface area contributed by atoms with E-state index >= 15 is 0 Å². The van der Waals surface area contributed by atoms with Gasteiger partial charge in [0, 0.05) is 5.02 Å². The third-order valence-corrected chi connectivity index (χ3v) is 3.70. The molecule has 0 spiro atoms. The largest absolute Gasteiger partial charge is 0.491 e. The molecule has 2 rings (SSSR count). The average Bonchev–Trinajstić information content (AvgIpc) is 2.48. The zero-order valence-electron chi connectivity index (χ0n) is 13.0. The number of rotatable bonds is 5. The van der Waals surface area contributed by atoms with E-state index in [0.717, 1.165) is 11.3 Å². The molecule has 6 heteroatoms. The minimum Gasteiger partial charge on any atom is -0.491 e. The second-order valence-corrected chi connectivity index (χ2v) is 5.97. The summed E-state index contributed by atoms with van der Waals surface area (Å²) in [7, 11) is 0. The van der Waals surface area contributed by atoms with Crippen molar-refractivity contribution in [2.24, 2.45) is 0 Å². The second kappa shape index (κ2) is 8.09. The Balaban J connectivity index is 1.76. The van der Waals surface area contributed by atoms with Crippen molar-refractivity contribution in [2.45, 2.75) is 13.8 Å². The lowest BCUT2D eigenvalue weighted by Gasteiger charge is -2.11. The SMILES string of the molecule is Cc1ccc(OCCNC(=O)Nc2ccc(Cl)cc2Cl)c(C)c1. The highest BCUT2D eigenvalue weighted by atomic mass is 35.5. The van der Waals surface area contributed by atoms with Crippen molar-refractivity contribution >= 4 is 34.9 Å². The van der Waals surface area contributed by atoms with Crippen molar-refractivity contribution in [3.8, 4) is 5.75 Å². The highest BCUT2D eigenvalue weighted by molar-refractivity contribution is 6.36. The molecule has 0 radical (unpaired) electrons. The molecule has 0 saturated carbocycles. The van der Waals surface area contributed by atoms with E-state index in [1.54, 1.807) is 18.2 Å². The molecule has 2 amide bonds. The Kier molecular flexibility index (Phi) is 6.13. The summed E-state index contributed by atoms with van der Waals surface area (Å²) < 4.78 is 5.65. The number of halogens is 2. The molecule has 23 heavy (non-hydrogen) atoms. The Hall–Kier alpha value is -1.91. The monoisotopic (exact) mass is 352 g/mol. The van der Waals surface area contributed by atoms with Crippen molar-refractivity contribution in [1.82, 2.24) is 5.32 Å². The number of nitrogens with one attached hydrogen (secondary N) is 2. The number of ether oxygens (including phenoxy) is 1. The van der Waals surface area contributed by atoms with Crippen LogP contribution in [-0.2, 0) is 0 Å². The molecule has 0 aromatic heterocycles. The molecule has 0 aliphatic carbocycles. The smallest absolute Gasteiger partial charge is 0.319 e. The van der Waals surface area contributed by atoms with Gasteiger partial charge in [0.2, 0.25) is 0 Å². The molecule has 0 aliphatic rings. The van der Waals surface area contributed by atoms with E-state index in [1.165, 1.54) is 5.56 Å². The van der Waals surface area contributed by atoms with Crippen molar-refractivity contribution in [3.05, 3.63) is 57.6 Å². The molecule has 2 aromatic carbocycles. The Morgan fingerprint density at radius 3 is 2.61 bits per heavy atom. The molecule has 2 aromatic rings. The van der Waals surface area contributed by atoms with Gasteiger partial charge in [0.05, 0.1) is 17.3 Å². The number of amides is 2. The fourth-order valence-corrected chi connectivity index (χ4v) is 2.50. The lowest BCUT2D eigenvalue weighted by atomic mass is 10.1. The van der Waals surface area contributed by atoms with Gasteiger partial charge in [-0.1, -0.05) is 40.9 Å². The number of aryl methyl sites for hydroxylation is 2. The number of urea groups is 1. The molecule has 0 heterocycles. The van der Waals surface area contributed by atoms with Crippen LogP contribution in [0.4, 0.5) is 10.5 Å². The lowest BCUT2D eigenvalue weighted by Crippen LogP contribution is -2.32. The van der Waals surface area contributed by atoms with Crippen molar-refractivity contribution in [2.75, 3.05) is 18.5 Å². The third kappa shape index (κ3) is 5.34. The number of anilines is 1. The fourth-order valence-electron chi connectivity index (χ4n) is 2.04. The van der Waals surface area contributed by atoms with Crippen LogP contribution in [-0.4, -0.2) is 19.2 Å². The van der Waals surface area contributed by atoms with Gasteiger partial charge >= 0.3 is 6.03 Å². The van der Waals surface area contributed by atoms with E-state index in [1.807, 2.05) is 26.0 Å². The highest BCUT2D eigenvalue weighted by Crippen LogP contribution is 2.25. The van der Waals surface area contributed by atoms with Crippen LogP contribution in [0.2, 0.25) is 10.0 Å². The third-order valence-electron chi connectivity index (χ3n) is 3.15. The van der Waals surface area contributed by atoms with E-state index in [-0.39, 0.29) is 6.03 Å². The number of benzene rings is 2. The molecule has 0 fully saturated rings. The topological polar surface area (TPSA) is 50.4 Å². The molecule has 0 saturated heterocycles. The van der Waals surface area contributed by atoms with Gasteiger partial charge in [-0.3, -0.25) is 0 Å². The summed E-state index contributed by atoms with van der Waals surface area (Å²) in [6, 6.07) is 10.5. The summed E-state index contributed by atoms with van der Waals surface area (Å²) in [6.45, 7) is 4.78. The van der Waals surface area contributed by atoms with Gasteiger partial charge < -0.3 is 15.4 Å². The van der Waals surface area contributed by atoms with Crippen LogP contribution in [0.5, 0.6) is 5.75 Å². The van der Waals surface area contributed by atoms with Crippen LogP contribution < -0.4 is 15.4 Å². The van der Waals surface area contributed by atoms with Gasteiger partial charge in [0.15, 0.2) is 0 Å². The normalized spacial score (nSPS) is 10.3. The number of hydrogen-bond donors (Lipinski definition) is 2. The molecular weight excluding hydrogens is 335 g/mol. The molecule has 122 valence electrons. The molecule has 4 nitrogen and oxygen atoms in total. The zero-order valence-corrected chi connectivity index (χ0v) is 14.5. The quantitative estimate of drug-likeness (QED) is 0.758. The number of carbonyl (C=O) groups is 1. The van der Waals surface area contributed by atoms with Gasteiger partial charge in [-0.25, -0.2) is 4.79 Å². The Bertz CT molecular complexity index is 705. The first-order valence-corrected chi connectivity index (χ1v) is 7.91. The minimum absolute atomic E-state index is 0.349. The van der Waals surface area contributed by atoms with E-state index in [4.69, 9.17) is 27.9 Å². The molecule has 0 unspecified atom stereocenters. The van der Waals surface area contributed by atoms with Crippen molar-refractivity contribution in [3.63, 3.8) is 0 Å². The maximum Gasteiger partial charge on any atom is 0.319 e. The Labute approximate surface area is 145 Å². The van der Waals surface area contributed by atoms with E-state index in [9.17, 15) is 4.79 Å². The summed E-state index contributed by atoms with van der Waals surface area (Å²) >= 11 is 11.8. The first kappa shape index (κ1) is 17.4. The van der Waals surface area contributed by atoms with Gasteiger partial charge in [-0.15, -0.1) is 0 Å². The van der Waals surface area contributed by atoms with Crippen molar-refractivity contribution < 1.29 is 9.53 Å². The number of hydrogen-bond acceptors (Lipinski definition) is 2. The average molecular weight is 353 g/mol. The first-order chi connectivity index (χ1) is 11.0. The van der Waals surface area contributed by atoms with Crippen LogP contribution in [0.15, 0.2) is 36.4 Å².